The summed E-state index contributed by atoms with van der Waals surface area (Å²) in [7, 11) is -4.19. The third-order valence-electron chi connectivity index (χ3n) is 4.32. The monoisotopic (exact) mass is 363 g/mol. The van der Waals surface area contributed by atoms with Crippen LogP contribution in [0.2, 0.25) is 0 Å². The Balaban J connectivity index is 3.32. The summed E-state index contributed by atoms with van der Waals surface area (Å²) in [5.41, 5.74) is 0. The Hall–Kier alpha value is -0.620. The molecular weight excluding hydrogens is 326 g/mol. The highest BCUT2D eigenvalue weighted by Crippen LogP contribution is 2.13. The van der Waals surface area contributed by atoms with Crippen LogP contribution in [0, 0.1) is 0 Å². The fourth-order valence-corrected chi connectivity index (χ4v) is 2.96. The number of nitrogens with one attached hydrogen (secondary N) is 1. The highest BCUT2D eigenvalue weighted by Gasteiger charge is 2.18. The molecule has 0 aliphatic rings. The molecule has 0 aromatic heterocycles. The number of carbonyl (C=O) groups is 1. The van der Waals surface area contributed by atoms with E-state index in [0.29, 0.717) is 6.42 Å². The molecule has 144 valence electrons. The molecule has 0 saturated carbocycles. The number of hydrogen-bond acceptors (Lipinski definition) is 3. The van der Waals surface area contributed by atoms with E-state index in [1.807, 2.05) is 0 Å². The summed E-state index contributed by atoms with van der Waals surface area (Å²) in [5, 5.41) is 1.06. The van der Waals surface area contributed by atoms with Crippen molar-refractivity contribution in [2.45, 2.75) is 109 Å². The van der Waals surface area contributed by atoms with Crippen LogP contribution in [0.3, 0.4) is 0 Å². The van der Waals surface area contributed by atoms with Gasteiger partial charge < -0.3 is 5.32 Å². The molecular formula is C18H37NO4S. The molecule has 0 aliphatic heterocycles. The fraction of sp³-hybridized carbons (Fsp3) is 0.944. The Labute approximate surface area is 148 Å². The Morgan fingerprint density at radius 2 is 1.21 bits per heavy atom. The number of rotatable bonds is 16. The van der Waals surface area contributed by atoms with E-state index in [4.69, 9.17) is 4.55 Å². The van der Waals surface area contributed by atoms with Crippen LogP contribution in [0.25, 0.3) is 0 Å². The van der Waals surface area contributed by atoms with Crippen LogP contribution >= 0.6 is 0 Å². The van der Waals surface area contributed by atoms with Crippen molar-refractivity contribution in [3.63, 3.8) is 0 Å². The van der Waals surface area contributed by atoms with Crippen molar-refractivity contribution in [3.05, 3.63) is 0 Å². The number of amides is 1. The Morgan fingerprint density at radius 1 is 0.833 bits per heavy atom. The second-order valence-corrected chi connectivity index (χ2v) is 8.45. The van der Waals surface area contributed by atoms with E-state index in [9.17, 15) is 13.2 Å². The van der Waals surface area contributed by atoms with Crippen LogP contribution in [0.15, 0.2) is 0 Å². The lowest BCUT2D eigenvalue weighted by Gasteiger charge is -2.10. The van der Waals surface area contributed by atoms with Gasteiger partial charge in [0.05, 0.1) is 0 Å². The molecule has 0 heterocycles. The SMILES string of the molecule is CCCCCCCCCCCCCCCC(=O)NC(C)S(=O)(=O)O. The molecule has 0 aromatic rings. The standard InChI is InChI=1S/C18H37NO4S/c1-3-4-5-6-7-8-9-10-11-12-13-14-15-16-18(20)19-17(2)24(21,22)23/h17H,3-16H2,1-2H3,(H,19,20)(H,21,22,23). The van der Waals surface area contributed by atoms with Gasteiger partial charge in [-0.05, 0) is 13.3 Å². The Morgan fingerprint density at radius 3 is 1.58 bits per heavy atom. The normalized spacial score (nSPS) is 13.0. The minimum atomic E-state index is -4.19. The van der Waals surface area contributed by atoms with E-state index in [1.165, 1.54) is 71.1 Å². The van der Waals surface area contributed by atoms with E-state index in [0.717, 1.165) is 19.3 Å². The van der Waals surface area contributed by atoms with Gasteiger partial charge in [-0.2, -0.15) is 8.42 Å². The molecule has 5 nitrogen and oxygen atoms in total. The van der Waals surface area contributed by atoms with E-state index in [-0.39, 0.29) is 5.91 Å². The molecule has 0 aliphatic carbocycles. The summed E-state index contributed by atoms with van der Waals surface area (Å²) in [5.74, 6) is -0.316. The van der Waals surface area contributed by atoms with Gasteiger partial charge >= 0.3 is 0 Å². The average Bonchev–Trinajstić information content (AvgIpc) is 2.51. The maximum Gasteiger partial charge on any atom is 0.285 e. The first-order chi connectivity index (χ1) is 11.4. The van der Waals surface area contributed by atoms with Crippen molar-refractivity contribution in [2.24, 2.45) is 0 Å². The molecule has 0 aromatic carbocycles. The molecule has 0 saturated heterocycles. The van der Waals surface area contributed by atoms with E-state index < -0.39 is 15.5 Å². The van der Waals surface area contributed by atoms with Crippen molar-refractivity contribution >= 4 is 16.0 Å². The van der Waals surface area contributed by atoms with Gasteiger partial charge in [0.25, 0.3) is 10.1 Å². The highest BCUT2D eigenvalue weighted by molar-refractivity contribution is 7.86. The van der Waals surface area contributed by atoms with Crippen LogP contribution in [0.1, 0.15) is 104 Å². The molecule has 6 heteroatoms. The van der Waals surface area contributed by atoms with E-state index >= 15 is 0 Å². The first kappa shape index (κ1) is 23.4. The van der Waals surface area contributed by atoms with Crippen LogP contribution in [0.4, 0.5) is 0 Å². The molecule has 1 atom stereocenters. The zero-order chi connectivity index (χ0) is 18.3. The topological polar surface area (TPSA) is 83.5 Å². The van der Waals surface area contributed by atoms with E-state index in [2.05, 4.69) is 12.2 Å². The Kier molecular flexibility index (Phi) is 14.3. The number of unbranched alkanes of at least 4 members (excludes halogenated alkanes) is 12. The molecule has 1 amide bonds. The second kappa shape index (κ2) is 14.7. The highest BCUT2D eigenvalue weighted by atomic mass is 32.2. The van der Waals surface area contributed by atoms with Crippen LogP contribution < -0.4 is 5.32 Å². The van der Waals surface area contributed by atoms with Gasteiger partial charge in [-0.3, -0.25) is 9.35 Å². The van der Waals surface area contributed by atoms with Gasteiger partial charge in [-0.1, -0.05) is 84.0 Å². The molecule has 2 N–H and O–H groups in total. The summed E-state index contributed by atoms with van der Waals surface area (Å²) in [6, 6.07) is 0. The zero-order valence-electron chi connectivity index (χ0n) is 15.6. The summed E-state index contributed by atoms with van der Waals surface area (Å²) in [6.45, 7) is 3.50. The third-order valence-corrected chi connectivity index (χ3v) is 5.33. The Bertz CT molecular complexity index is 409. The quantitative estimate of drug-likeness (QED) is 0.304. The van der Waals surface area contributed by atoms with Crippen molar-refractivity contribution in [3.8, 4) is 0 Å². The van der Waals surface area contributed by atoms with Crippen LogP contribution in [0.5, 0.6) is 0 Å². The molecule has 24 heavy (non-hydrogen) atoms. The maximum atomic E-state index is 11.5. The van der Waals surface area contributed by atoms with Gasteiger partial charge in [0.1, 0.15) is 0 Å². The van der Waals surface area contributed by atoms with Gasteiger partial charge in [-0.15, -0.1) is 0 Å². The lowest BCUT2D eigenvalue weighted by atomic mass is 10.0. The smallest absolute Gasteiger partial charge is 0.285 e. The maximum absolute atomic E-state index is 11.5. The predicted molar refractivity (Wildman–Crippen MR) is 99.5 cm³/mol. The molecule has 0 bridgehead atoms. The van der Waals surface area contributed by atoms with Crippen molar-refractivity contribution < 1.29 is 17.8 Å². The minimum absolute atomic E-state index is 0.316. The van der Waals surface area contributed by atoms with Gasteiger partial charge in [0.2, 0.25) is 5.91 Å². The molecule has 1 unspecified atom stereocenters. The fourth-order valence-electron chi connectivity index (χ4n) is 2.68. The zero-order valence-corrected chi connectivity index (χ0v) is 16.4. The van der Waals surface area contributed by atoms with Gasteiger partial charge in [0, 0.05) is 6.42 Å². The molecule has 0 rings (SSSR count). The van der Waals surface area contributed by atoms with Gasteiger partial charge in [-0.25, -0.2) is 0 Å². The average molecular weight is 364 g/mol. The van der Waals surface area contributed by atoms with Crippen LogP contribution in [-0.4, -0.2) is 24.3 Å². The van der Waals surface area contributed by atoms with Crippen molar-refractivity contribution in [2.75, 3.05) is 0 Å². The summed E-state index contributed by atoms with van der Waals surface area (Å²) in [4.78, 5) is 11.5. The lowest BCUT2D eigenvalue weighted by Crippen LogP contribution is -2.37. The van der Waals surface area contributed by atoms with Gasteiger partial charge in [0.15, 0.2) is 5.37 Å². The lowest BCUT2D eigenvalue weighted by molar-refractivity contribution is -0.121. The summed E-state index contributed by atoms with van der Waals surface area (Å²) < 4.78 is 30.4. The van der Waals surface area contributed by atoms with E-state index in [1.54, 1.807) is 0 Å². The minimum Gasteiger partial charge on any atom is -0.338 e. The van der Waals surface area contributed by atoms with Crippen molar-refractivity contribution in [1.29, 1.82) is 0 Å². The number of hydrogen-bond donors (Lipinski definition) is 2. The molecule has 0 radical (unpaired) electrons. The predicted octanol–water partition coefficient (Wildman–Crippen LogP) is 4.82. The summed E-state index contributed by atoms with van der Waals surface area (Å²) in [6.07, 6.45) is 16.5. The third kappa shape index (κ3) is 14.9. The second-order valence-electron chi connectivity index (χ2n) is 6.72. The first-order valence-electron chi connectivity index (χ1n) is 9.63. The first-order valence-corrected chi connectivity index (χ1v) is 11.1. The largest absolute Gasteiger partial charge is 0.338 e. The molecule has 0 fully saturated rings. The summed E-state index contributed by atoms with van der Waals surface area (Å²) >= 11 is 0. The molecule has 0 spiro atoms. The number of carbonyl (C=O) groups excluding carboxylic acids is 1. The van der Waals surface area contributed by atoms with Crippen LogP contribution in [-0.2, 0) is 14.9 Å². The van der Waals surface area contributed by atoms with Crippen molar-refractivity contribution in [1.82, 2.24) is 5.32 Å².